The number of carbonyl (C=O) groups excluding carboxylic acids is 1. The van der Waals surface area contributed by atoms with E-state index in [-0.39, 0.29) is 12.4 Å². The second-order valence-electron chi connectivity index (χ2n) is 6.03. The summed E-state index contributed by atoms with van der Waals surface area (Å²) in [5.41, 5.74) is 0. The van der Waals surface area contributed by atoms with Crippen LogP contribution in [0.1, 0.15) is 57.8 Å². The first kappa shape index (κ1) is 16.8. The topological polar surface area (TPSA) is 32.3 Å². The lowest BCUT2D eigenvalue weighted by Gasteiger charge is -2.31. The number of amides is 1. The summed E-state index contributed by atoms with van der Waals surface area (Å²) in [6.07, 6.45) is 11.0. The standard InChI is InChI=1S/C15H28N2O.ClH/c1-17(14-9-11-16-12-10-14)15(18)8-4-7-13-5-2-3-6-13;/h13-14,16H,2-12H2,1H3;1H. The van der Waals surface area contributed by atoms with Gasteiger partial charge < -0.3 is 10.2 Å². The lowest BCUT2D eigenvalue weighted by atomic mass is 9.99. The average Bonchev–Trinajstić information content (AvgIpc) is 2.92. The Morgan fingerprint density at radius 3 is 2.42 bits per heavy atom. The molecular weight excluding hydrogens is 260 g/mol. The van der Waals surface area contributed by atoms with Crippen molar-refractivity contribution in [2.75, 3.05) is 20.1 Å². The molecule has 19 heavy (non-hydrogen) atoms. The summed E-state index contributed by atoms with van der Waals surface area (Å²) in [6, 6.07) is 0.477. The predicted molar refractivity (Wildman–Crippen MR) is 81.7 cm³/mol. The zero-order chi connectivity index (χ0) is 12.8. The van der Waals surface area contributed by atoms with Gasteiger partial charge in [0, 0.05) is 19.5 Å². The van der Waals surface area contributed by atoms with Crippen LogP contribution >= 0.6 is 12.4 Å². The highest BCUT2D eigenvalue weighted by Gasteiger charge is 2.22. The summed E-state index contributed by atoms with van der Waals surface area (Å²) in [5.74, 6) is 1.28. The number of nitrogens with one attached hydrogen (secondary N) is 1. The van der Waals surface area contributed by atoms with Crippen LogP contribution in [0.25, 0.3) is 0 Å². The molecule has 2 aliphatic rings. The molecule has 3 nitrogen and oxygen atoms in total. The first-order valence-electron chi connectivity index (χ1n) is 7.74. The number of piperidine rings is 1. The maximum atomic E-state index is 12.1. The predicted octanol–water partition coefficient (Wildman–Crippen LogP) is 2.98. The van der Waals surface area contributed by atoms with Crippen molar-refractivity contribution >= 4 is 18.3 Å². The van der Waals surface area contributed by atoms with Gasteiger partial charge in [-0.1, -0.05) is 25.7 Å². The van der Waals surface area contributed by atoms with Crippen LogP contribution < -0.4 is 5.32 Å². The van der Waals surface area contributed by atoms with Gasteiger partial charge in [0.05, 0.1) is 0 Å². The Morgan fingerprint density at radius 1 is 1.16 bits per heavy atom. The lowest BCUT2D eigenvalue weighted by Crippen LogP contribution is -2.43. The molecule has 1 saturated heterocycles. The summed E-state index contributed by atoms with van der Waals surface area (Å²) >= 11 is 0. The quantitative estimate of drug-likeness (QED) is 0.843. The van der Waals surface area contributed by atoms with Gasteiger partial charge in [-0.2, -0.15) is 0 Å². The molecule has 0 unspecified atom stereocenters. The van der Waals surface area contributed by atoms with E-state index < -0.39 is 0 Å². The van der Waals surface area contributed by atoms with E-state index in [1.807, 2.05) is 11.9 Å². The van der Waals surface area contributed by atoms with Crippen LogP contribution in [-0.4, -0.2) is 37.0 Å². The Morgan fingerprint density at radius 2 is 1.79 bits per heavy atom. The van der Waals surface area contributed by atoms with Gasteiger partial charge in [0.25, 0.3) is 0 Å². The monoisotopic (exact) mass is 288 g/mol. The van der Waals surface area contributed by atoms with Gasteiger partial charge in [-0.3, -0.25) is 4.79 Å². The molecule has 0 aromatic rings. The number of hydrogen-bond donors (Lipinski definition) is 1. The molecule has 4 heteroatoms. The van der Waals surface area contributed by atoms with Crippen molar-refractivity contribution in [3.05, 3.63) is 0 Å². The maximum absolute atomic E-state index is 12.1. The van der Waals surface area contributed by atoms with E-state index in [0.29, 0.717) is 11.9 Å². The Hall–Kier alpha value is -0.280. The molecular formula is C15H29ClN2O. The second-order valence-corrected chi connectivity index (χ2v) is 6.03. The van der Waals surface area contributed by atoms with Gasteiger partial charge in [0.1, 0.15) is 0 Å². The molecule has 1 saturated carbocycles. The van der Waals surface area contributed by atoms with Crippen molar-refractivity contribution in [3.63, 3.8) is 0 Å². The van der Waals surface area contributed by atoms with Crippen molar-refractivity contribution in [2.45, 2.75) is 63.8 Å². The SMILES string of the molecule is CN(C(=O)CCCC1CCCC1)C1CCNCC1.Cl. The molecule has 2 fully saturated rings. The van der Waals surface area contributed by atoms with Gasteiger partial charge in [-0.25, -0.2) is 0 Å². The zero-order valence-electron chi connectivity index (χ0n) is 12.2. The molecule has 1 aliphatic heterocycles. The van der Waals surface area contributed by atoms with Crippen LogP contribution in [0.4, 0.5) is 0 Å². The summed E-state index contributed by atoms with van der Waals surface area (Å²) < 4.78 is 0. The Balaban J connectivity index is 0.00000180. The van der Waals surface area contributed by atoms with Crippen LogP contribution in [0.15, 0.2) is 0 Å². The largest absolute Gasteiger partial charge is 0.343 e. The maximum Gasteiger partial charge on any atom is 0.222 e. The Bertz CT molecular complexity index is 261. The van der Waals surface area contributed by atoms with E-state index in [9.17, 15) is 4.79 Å². The van der Waals surface area contributed by atoms with E-state index in [4.69, 9.17) is 0 Å². The van der Waals surface area contributed by atoms with Crippen LogP contribution in [0.5, 0.6) is 0 Å². The summed E-state index contributed by atoms with van der Waals surface area (Å²) in [4.78, 5) is 14.1. The summed E-state index contributed by atoms with van der Waals surface area (Å²) in [6.45, 7) is 2.12. The number of nitrogens with zero attached hydrogens (tertiary/aromatic N) is 1. The third-order valence-electron chi connectivity index (χ3n) is 4.73. The van der Waals surface area contributed by atoms with Crippen molar-refractivity contribution in [1.29, 1.82) is 0 Å². The molecule has 1 aliphatic carbocycles. The van der Waals surface area contributed by atoms with Crippen LogP contribution in [0, 0.1) is 5.92 Å². The molecule has 0 radical (unpaired) electrons. The third-order valence-corrected chi connectivity index (χ3v) is 4.73. The minimum atomic E-state index is 0. The van der Waals surface area contributed by atoms with Crippen LogP contribution in [0.2, 0.25) is 0 Å². The van der Waals surface area contributed by atoms with Gasteiger partial charge >= 0.3 is 0 Å². The fraction of sp³-hybridized carbons (Fsp3) is 0.933. The summed E-state index contributed by atoms with van der Waals surface area (Å²) in [7, 11) is 1.99. The van der Waals surface area contributed by atoms with Crippen molar-refractivity contribution in [3.8, 4) is 0 Å². The van der Waals surface area contributed by atoms with Gasteiger partial charge in [0.2, 0.25) is 5.91 Å². The number of carbonyl (C=O) groups is 1. The molecule has 0 bridgehead atoms. The first-order chi connectivity index (χ1) is 8.77. The molecule has 1 N–H and O–H groups in total. The van der Waals surface area contributed by atoms with Gasteiger partial charge in [0.15, 0.2) is 0 Å². The fourth-order valence-electron chi connectivity index (χ4n) is 3.41. The highest BCUT2D eigenvalue weighted by Crippen LogP contribution is 2.29. The molecule has 1 amide bonds. The van der Waals surface area contributed by atoms with Gasteiger partial charge in [-0.05, 0) is 44.7 Å². The van der Waals surface area contributed by atoms with E-state index in [2.05, 4.69) is 5.32 Å². The Labute approximate surface area is 123 Å². The smallest absolute Gasteiger partial charge is 0.222 e. The normalized spacial score (nSPS) is 21.1. The zero-order valence-corrected chi connectivity index (χ0v) is 13.0. The van der Waals surface area contributed by atoms with Crippen molar-refractivity contribution < 1.29 is 4.79 Å². The Kier molecular flexibility index (Phi) is 7.77. The first-order valence-corrected chi connectivity index (χ1v) is 7.74. The summed E-state index contributed by atoms with van der Waals surface area (Å²) in [5, 5.41) is 3.35. The van der Waals surface area contributed by atoms with Gasteiger partial charge in [-0.15, -0.1) is 12.4 Å². The van der Waals surface area contributed by atoms with Crippen LogP contribution in [-0.2, 0) is 4.79 Å². The molecule has 1 heterocycles. The minimum absolute atomic E-state index is 0. The van der Waals surface area contributed by atoms with E-state index in [0.717, 1.165) is 44.7 Å². The van der Waals surface area contributed by atoms with Crippen molar-refractivity contribution in [1.82, 2.24) is 10.2 Å². The fourth-order valence-corrected chi connectivity index (χ4v) is 3.41. The highest BCUT2D eigenvalue weighted by atomic mass is 35.5. The molecule has 2 rings (SSSR count). The number of hydrogen-bond acceptors (Lipinski definition) is 2. The van der Waals surface area contributed by atoms with E-state index in [1.165, 1.54) is 32.1 Å². The molecule has 0 aromatic heterocycles. The second kappa shape index (κ2) is 8.80. The molecule has 0 aromatic carbocycles. The third kappa shape index (κ3) is 5.31. The van der Waals surface area contributed by atoms with Crippen molar-refractivity contribution in [2.24, 2.45) is 5.92 Å². The molecule has 112 valence electrons. The highest BCUT2D eigenvalue weighted by molar-refractivity contribution is 5.85. The van der Waals surface area contributed by atoms with E-state index in [1.54, 1.807) is 0 Å². The molecule has 0 atom stereocenters. The number of halogens is 1. The van der Waals surface area contributed by atoms with E-state index >= 15 is 0 Å². The average molecular weight is 289 g/mol. The molecule has 0 spiro atoms. The lowest BCUT2D eigenvalue weighted by molar-refractivity contribution is -0.132. The number of rotatable bonds is 5. The minimum Gasteiger partial charge on any atom is -0.343 e. The van der Waals surface area contributed by atoms with Crippen LogP contribution in [0.3, 0.4) is 0 Å².